The van der Waals surface area contributed by atoms with Crippen molar-refractivity contribution >= 4 is 20.0 Å². The summed E-state index contributed by atoms with van der Waals surface area (Å²) in [6.45, 7) is 4.36. The fourth-order valence-electron chi connectivity index (χ4n) is 2.57. The van der Waals surface area contributed by atoms with Crippen molar-refractivity contribution in [1.29, 1.82) is 0 Å². The van der Waals surface area contributed by atoms with E-state index < -0.39 is 20.0 Å². The van der Waals surface area contributed by atoms with E-state index in [4.69, 9.17) is 0 Å². The molecular weight excluding hydrogens is 324 g/mol. The molecular formula is C14H22N2O4S2. The molecule has 8 heteroatoms. The molecule has 1 N–H and O–H groups in total. The van der Waals surface area contributed by atoms with Crippen LogP contribution in [0.3, 0.4) is 0 Å². The van der Waals surface area contributed by atoms with Crippen LogP contribution in [0.2, 0.25) is 0 Å². The first-order valence-electron chi connectivity index (χ1n) is 7.27. The summed E-state index contributed by atoms with van der Waals surface area (Å²) in [5.74, 6) is 0.150. The molecule has 22 heavy (non-hydrogen) atoms. The molecule has 124 valence electrons. The quantitative estimate of drug-likeness (QED) is 0.862. The first-order valence-corrected chi connectivity index (χ1v) is 10.4. The second-order valence-corrected chi connectivity index (χ2v) is 9.41. The van der Waals surface area contributed by atoms with Crippen molar-refractivity contribution in [2.45, 2.75) is 31.6 Å². The number of benzene rings is 1. The maximum Gasteiger partial charge on any atom is 0.240 e. The van der Waals surface area contributed by atoms with Gasteiger partial charge in [-0.25, -0.2) is 25.9 Å². The SMILES string of the molecule is Cc1ccc(S(=O)(=O)NCCN2CCCCS2(=O)=O)c(C)c1. The third-order valence-electron chi connectivity index (χ3n) is 3.73. The highest BCUT2D eigenvalue weighted by Crippen LogP contribution is 2.16. The number of sulfonamides is 2. The summed E-state index contributed by atoms with van der Waals surface area (Å²) >= 11 is 0. The molecule has 6 nitrogen and oxygen atoms in total. The lowest BCUT2D eigenvalue weighted by Gasteiger charge is -2.26. The van der Waals surface area contributed by atoms with Gasteiger partial charge in [0.25, 0.3) is 0 Å². The van der Waals surface area contributed by atoms with Gasteiger partial charge in [0.05, 0.1) is 10.6 Å². The van der Waals surface area contributed by atoms with Crippen LogP contribution in [0.25, 0.3) is 0 Å². The van der Waals surface area contributed by atoms with Crippen molar-refractivity contribution in [3.05, 3.63) is 29.3 Å². The third-order valence-corrected chi connectivity index (χ3v) is 7.30. The molecule has 0 aromatic heterocycles. The van der Waals surface area contributed by atoms with Crippen LogP contribution in [-0.2, 0) is 20.0 Å². The maximum absolute atomic E-state index is 12.3. The van der Waals surface area contributed by atoms with E-state index in [2.05, 4.69) is 4.72 Å². The number of rotatable bonds is 5. The van der Waals surface area contributed by atoms with E-state index in [1.807, 2.05) is 13.0 Å². The van der Waals surface area contributed by atoms with Crippen LogP contribution in [0.5, 0.6) is 0 Å². The van der Waals surface area contributed by atoms with Crippen molar-refractivity contribution in [1.82, 2.24) is 9.03 Å². The maximum atomic E-state index is 12.3. The molecule has 1 aliphatic rings. The predicted molar refractivity (Wildman–Crippen MR) is 85.7 cm³/mol. The Morgan fingerprint density at radius 3 is 2.59 bits per heavy atom. The summed E-state index contributed by atoms with van der Waals surface area (Å²) < 4.78 is 52.1. The van der Waals surface area contributed by atoms with E-state index in [0.717, 1.165) is 12.0 Å². The van der Waals surface area contributed by atoms with Gasteiger partial charge in [-0.2, -0.15) is 0 Å². The fourth-order valence-corrected chi connectivity index (χ4v) is 5.42. The minimum absolute atomic E-state index is 0.0783. The smallest absolute Gasteiger partial charge is 0.212 e. The van der Waals surface area contributed by atoms with Crippen LogP contribution in [0.1, 0.15) is 24.0 Å². The van der Waals surface area contributed by atoms with Gasteiger partial charge in [-0.3, -0.25) is 0 Å². The predicted octanol–water partition coefficient (Wildman–Crippen LogP) is 1.01. The van der Waals surface area contributed by atoms with E-state index in [0.29, 0.717) is 18.5 Å². The highest BCUT2D eigenvalue weighted by Gasteiger charge is 2.26. The van der Waals surface area contributed by atoms with E-state index in [9.17, 15) is 16.8 Å². The minimum atomic E-state index is -3.62. The summed E-state index contributed by atoms with van der Waals surface area (Å²) in [6.07, 6.45) is 1.50. The standard InChI is InChI=1S/C14H22N2O4S2/c1-12-5-6-14(13(2)11-12)22(19,20)15-7-9-16-8-3-4-10-21(16,17)18/h5-6,11,15H,3-4,7-10H2,1-2H3. The Kier molecular flexibility index (Phi) is 5.26. The van der Waals surface area contributed by atoms with Crippen LogP contribution in [-0.4, -0.2) is 46.5 Å². The van der Waals surface area contributed by atoms with Crippen molar-refractivity contribution in [2.75, 3.05) is 25.4 Å². The van der Waals surface area contributed by atoms with Crippen molar-refractivity contribution in [3.63, 3.8) is 0 Å². The van der Waals surface area contributed by atoms with Gasteiger partial charge in [0, 0.05) is 19.6 Å². The lowest BCUT2D eigenvalue weighted by atomic mass is 10.2. The average molecular weight is 346 g/mol. The number of nitrogens with one attached hydrogen (secondary N) is 1. The monoisotopic (exact) mass is 346 g/mol. The van der Waals surface area contributed by atoms with Crippen LogP contribution in [0.15, 0.2) is 23.1 Å². The molecule has 1 heterocycles. The average Bonchev–Trinajstić information content (AvgIpc) is 2.40. The first-order chi connectivity index (χ1) is 10.2. The minimum Gasteiger partial charge on any atom is -0.212 e. The van der Waals surface area contributed by atoms with E-state index in [1.165, 1.54) is 4.31 Å². The van der Waals surface area contributed by atoms with E-state index in [-0.39, 0.29) is 23.7 Å². The van der Waals surface area contributed by atoms with Crippen molar-refractivity contribution in [3.8, 4) is 0 Å². The van der Waals surface area contributed by atoms with Gasteiger partial charge in [-0.1, -0.05) is 17.7 Å². The molecule has 1 aliphatic heterocycles. The van der Waals surface area contributed by atoms with Crippen LogP contribution in [0.4, 0.5) is 0 Å². The van der Waals surface area contributed by atoms with Crippen LogP contribution >= 0.6 is 0 Å². The molecule has 0 spiro atoms. The highest BCUT2D eigenvalue weighted by atomic mass is 32.2. The number of aryl methyl sites for hydroxylation is 2. The molecule has 0 amide bonds. The zero-order valence-corrected chi connectivity index (χ0v) is 14.5. The van der Waals surface area contributed by atoms with Gasteiger partial charge in [-0.05, 0) is 38.3 Å². The molecule has 1 aromatic carbocycles. The summed E-state index contributed by atoms with van der Waals surface area (Å²) in [7, 11) is -6.84. The fraction of sp³-hybridized carbons (Fsp3) is 0.571. The lowest BCUT2D eigenvalue weighted by molar-refractivity contribution is 0.386. The Hall–Kier alpha value is -0.960. The normalized spacial score (nSPS) is 19.2. The van der Waals surface area contributed by atoms with Gasteiger partial charge >= 0.3 is 0 Å². The van der Waals surface area contributed by atoms with Gasteiger partial charge in [-0.15, -0.1) is 0 Å². The molecule has 1 fully saturated rings. The summed E-state index contributed by atoms with van der Waals surface area (Å²) in [5.41, 5.74) is 1.67. The molecule has 0 radical (unpaired) electrons. The Labute approximate surface area is 132 Å². The molecule has 1 aromatic rings. The number of hydrogen-bond acceptors (Lipinski definition) is 4. The Balaban J connectivity index is 2.01. The molecule has 0 unspecified atom stereocenters. The highest BCUT2D eigenvalue weighted by molar-refractivity contribution is 7.89. The molecule has 1 saturated heterocycles. The zero-order chi connectivity index (χ0) is 16.4. The van der Waals surface area contributed by atoms with Crippen LogP contribution < -0.4 is 4.72 Å². The Morgan fingerprint density at radius 2 is 1.95 bits per heavy atom. The molecule has 0 bridgehead atoms. The molecule has 0 atom stereocenters. The molecule has 2 rings (SSSR count). The Bertz CT molecular complexity index is 742. The van der Waals surface area contributed by atoms with E-state index in [1.54, 1.807) is 19.1 Å². The van der Waals surface area contributed by atoms with Gasteiger partial charge in [0.15, 0.2) is 0 Å². The summed E-state index contributed by atoms with van der Waals surface area (Å²) in [5, 5.41) is 0. The Morgan fingerprint density at radius 1 is 1.23 bits per heavy atom. The van der Waals surface area contributed by atoms with Crippen molar-refractivity contribution < 1.29 is 16.8 Å². The first kappa shape index (κ1) is 17.4. The third kappa shape index (κ3) is 4.07. The molecule has 0 aliphatic carbocycles. The van der Waals surface area contributed by atoms with E-state index >= 15 is 0 Å². The van der Waals surface area contributed by atoms with Gasteiger partial charge in [0.1, 0.15) is 0 Å². The second-order valence-electron chi connectivity index (χ2n) is 5.59. The number of hydrogen-bond donors (Lipinski definition) is 1. The van der Waals surface area contributed by atoms with Crippen molar-refractivity contribution in [2.24, 2.45) is 0 Å². The summed E-state index contributed by atoms with van der Waals surface area (Å²) in [4.78, 5) is 0.236. The van der Waals surface area contributed by atoms with Gasteiger partial charge in [0.2, 0.25) is 20.0 Å². The lowest BCUT2D eigenvalue weighted by Crippen LogP contribution is -2.42. The largest absolute Gasteiger partial charge is 0.240 e. The molecule has 0 saturated carbocycles. The summed E-state index contributed by atoms with van der Waals surface area (Å²) in [6, 6.07) is 5.13. The zero-order valence-electron chi connectivity index (χ0n) is 12.9. The van der Waals surface area contributed by atoms with Crippen LogP contribution in [0, 0.1) is 13.8 Å². The van der Waals surface area contributed by atoms with Gasteiger partial charge < -0.3 is 0 Å². The second kappa shape index (κ2) is 6.66. The topological polar surface area (TPSA) is 83.6 Å². The number of nitrogens with zero attached hydrogens (tertiary/aromatic N) is 1.